The maximum atomic E-state index is 5.97. The Bertz CT molecular complexity index is 560. The van der Waals surface area contributed by atoms with Crippen molar-refractivity contribution in [2.24, 2.45) is 0 Å². The average molecular weight is 245 g/mol. The van der Waals surface area contributed by atoms with Crippen LogP contribution in [0.2, 0.25) is 0 Å². The lowest BCUT2D eigenvalue weighted by molar-refractivity contribution is 0.401. The van der Waals surface area contributed by atoms with E-state index in [0.29, 0.717) is 5.82 Å². The fourth-order valence-electron chi connectivity index (χ4n) is 2.16. The van der Waals surface area contributed by atoms with Gasteiger partial charge >= 0.3 is 0 Å². The number of hydrogen-bond donors (Lipinski definition) is 1. The molecule has 1 atom stereocenters. The smallest absolute Gasteiger partial charge is 0.124 e. The van der Waals surface area contributed by atoms with Crippen LogP contribution in [0.25, 0.3) is 0 Å². The predicted molar refractivity (Wildman–Crippen MR) is 72.9 cm³/mol. The first-order valence-corrected chi connectivity index (χ1v) is 5.99. The summed E-state index contributed by atoms with van der Waals surface area (Å²) in [6.07, 6.45) is 0. The summed E-state index contributed by atoms with van der Waals surface area (Å²) >= 11 is 0. The number of hydrogen-bond acceptors (Lipinski definition) is 3. The van der Waals surface area contributed by atoms with E-state index >= 15 is 0 Å². The van der Waals surface area contributed by atoms with Crippen molar-refractivity contribution < 1.29 is 4.74 Å². The van der Waals surface area contributed by atoms with Crippen LogP contribution in [0.3, 0.4) is 0 Å². The maximum absolute atomic E-state index is 5.97. The van der Waals surface area contributed by atoms with Gasteiger partial charge in [-0.25, -0.2) is 4.68 Å². The van der Waals surface area contributed by atoms with Crippen LogP contribution >= 0.6 is 0 Å². The molecule has 1 heterocycles. The van der Waals surface area contributed by atoms with E-state index in [1.165, 1.54) is 5.56 Å². The van der Waals surface area contributed by atoms with Crippen LogP contribution in [-0.4, -0.2) is 16.9 Å². The minimum absolute atomic E-state index is 0.0496. The summed E-state index contributed by atoms with van der Waals surface area (Å²) in [5.41, 5.74) is 9.18. The van der Waals surface area contributed by atoms with Crippen molar-refractivity contribution in [1.82, 2.24) is 9.78 Å². The summed E-state index contributed by atoms with van der Waals surface area (Å²) in [7, 11) is 1.68. The van der Waals surface area contributed by atoms with E-state index in [0.717, 1.165) is 17.0 Å². The highest BCUT2D eigenvalue weighted by Gasteiger charge is 2.16. The highest BCUT2D eigenvalue weighted by molar-refractivity contribution is 5.41. The van der Waals surface area contributed by atoms with Crippen LogP contribution in [0, 0.1) is 13.8 Å². The number of nitrogen functional groups attached to an aromatic ring is 1. The summed E-state index contributed by atoms with van der Waals surface area (Å²) in [4.78, 5) is 0. The van der Waals surface area contributed by atoms with E-state index < -0.39 is 0 Å². The monoisotopic (exact) mass is 245 g/mol. The molecule has 2 rings (SSSR count). The van der Waals surface area contributed by atoms with Gasteiger partial charge < -0.3 is 10.5 Å². The zero-order valence-electron chi connectivity index (χ0n) is 11.3. The van der Waals surface area contributed by atoms with E-state index in [4.69, 9.17) is 10.5 Å². The molecule has 1 aromatic heterocycles. The molecule has 0 aliphatic rings. The minimum atomic E-state index is 0.0496. The molecule has 0 spiro atoms. The molecule has 96 valence electrons. The number of rotatable bonds is 3. The number of ether oxygens (including phenoxy) is 1. The first-order chi connectivity index (χ1) is 8.52. The van der Waals surface area contributed by atoms with Crippen LogP contribution < -0.4 is 10.5 Å². The third-order valence-electron chi connectivity index (χ3n) is 3.09. The number of nitrogens with zero attached hydrogens (tertiary/aromatic N) is 2. The van der Waals surface area contributed by atoms with Crippen molar-refractivity contribution >= 4 is 5.82 Å². The van der Waals surface area contributed by atoms with E-state index in [1.54, 1.807) is 7.11 Å². The molecule has 0 amide bonds. The largest absolute Gasteiger partial charge is 0.496 e. The van der Waals surface area contributed by atoms with E-state index in [9.17, 15) is 0 Å². The normalized spacial score (nSPS) is 12.4. The fraction of sp³-hybridized carbons (Fsp3) is 0.357. The van der Waals surface area contributed by atoms with Gasteiger partial charge in [-0.05, 0) is 26.8 Å². The second-order valence-electron chi connectivity index (χ2n) is 4.58. The molecule has 1 aromatic carbocycles. The van der Waals surface area contributed by atoms with Gasteiger partial charge in [0.2, 0.25) is 0 Å². The molecular formula is C14H19N3O. The van der Waals surface area contributed by atoms with Crippen LogP contribution in [0.5, 0.6) is 5.75 Å². The Morgan fingerprint density at radius 1 is 1.28 bits per heavy atom. The van der Waals surface area contributed by atoms with Gasteiger partial charge in [-0.3, -0.25) is 0 Å². The molecule has 0 aliphatic heterocycles. The van der Waals surface area contributed by atoms with Crippen molar-refractivity contribution in [2.75, 3.05) is 12.8 Å². The van der Waals surface area contributed by atoms with Crippen molar-refractivity contribution in [3.8, 4) is 5.75 Å². The summed E-state index contributed by atoms with van der Waals surface area (Å²) < 4.78 is 7.23. The van der Waals surface area contributed by atoms with Crippen LogP contribution in [0.1, 0.15) is 29.8 Å². The van der Waals surface area contributed by atoms with Crippen molar-refractivity contribution in [2.45, 2.75) is 26.8 Å². The Morgan fingerprint density at radius 2 is 2.00 bits per heavy atom. The summed E-state index contributed by atoms with van der Waals surface area (Å²) in [5, 5.41) is 4.43. The first-order valence-electron chi connectivity index (χ1n) is 5.99. The molecule has 0 radical (unpaired) electrons. The van der Waals surface area contributed by atoms with Crippen LogP contribution in [0.4, 0.5) is 5.82 Å². The molecule has 1 unspecified atom stereocenters. The second kappa shape index (κ2) is 4.72. The molecule has 0 fully saturated rings. The third kappa shape index (κ3) is 2.18. The summed E-state index contributed by atoms with van der Waals surface area (Å²) in [6.45, 7) is 6.07. The van der Waals surface area contributed by atoms with Gasteiger partial charge in [-0.15, -0.1) is 0 Å². The van der Waals surface area contributed by atoms with Crippen LogP contribution in [-0.2, 0) is 0 Å². The van der Waals surface area contributed by atoms with E-state index in [1.807, 2.05) is 29.8 Å². The highest BCUT2D eigenvalue weighted by Crippen LogP contribution is 2.30. The Labute approximate surface area is 107 Å². The van der Waals surface area contributed by atoms with Gasteiger partial charge in [-0.2, -0.15) is 5.10 Å². The van der Waals surface area contributed by atoms with Gasteiger partial charge in [0.25, 0.3) is 0 Å². The van der Waals surface area contributed by atoms with Gasteiger partial charge in [0.1, 0.15) is 11.6 Å². The lowest BCUT2D eigenvalue weighted by atomic mass is 10.0. The van der Waals surface area contributed by atoms with Gasteiger partial charge in [-0.1, -0.05) is 17.7 Å². The highest BCUT2D eigenvalue weighted by atomic mass is 16.5. The lowest BCUT2D eigenvalue weighted by Crippen LogP contribution is -2.12. The number of aromatic nitrogens is 2. The first kappa shape index (κ1) is 12.5. The Balaban J connectivity index is 2.48. The second-order valence-corrected chi connectivity index (χ2v) is 4.58. The standard InChI is InChI=1S/C14H19N3O/c1-9-5-6-13(18-4)12(7-9)11(3)17-14(15)8-10(2)16-17/h5-8,11H,15H2,1-4H3. The molecule has 0 bridgehead atoms. The Hall–Kier alpha value is -1.97. The number of aryl methyl sites for hydroxylation is 2. The quantitative estimate of drug-likeness (QED) is 0.904. The van der Waals surface area contributed by atoms with Crippen molar-refractivity contribution in [1.29, 1.82) is 0 Å². The predicted octanol–water partition coefficient (Wildman–Crippen LogP) is 2.70. The maximum Gasteiger partial charge on any atom is 0.124 e. The molecule has 2 N–H and O–H groups in total. The van der Waals surface area contributed by atoms with Gasteiger partial charge in [0.15, 0.2) is 0 Å². The van der Waals surface area contributed by atoms with Crippen LogP contribution in [0.15, 0.2) is 24.3 Å². The molecule has 4 heteroatoms. The minimum Gasteiger partial charge on any atom is -0.496 e. The van der Waals surface area contributed by atoms with Crippen molar-refractivity contribution in [3.05, 3.63) is 41.1 Å². The number of methoxy groups -OCH3 is 1. The zero-order valence-corrected chi connectivity index (χ0v) is 11.3. The summed E-state index contributed by atoms with van der Waals surface area (Å²) in [6, 6.07) is 8.05. The molecule has 0 saturated heterocycles. The SMILES string of the molecule is COc1ccc(C)cc1C(C)n1nc(C)cc1N. The molecule has 2 aromatic rings. The Kier molecular flexibility index (Phi) is 3.28. The summed E-state index contributed by atoms with van der Waals surface area (Å²) in [5.74, 6) is 1.53. The third-order valence-corrected chi connectivity index (χ3v) is 3.09. The van der Waals surface area contributed by atoms with E-state index in [2.05, 4.69) is 25.0 Å². The Morgan fingerprint density at radius 3 is 2.56 bits per heavy atom. The molecule has 18 heavy (non-hydrogen) atoms. The lowest BCUT2D eigenvalue weighted by Gasteiger charge is -2.18. The molecule has 0 saturated carbocycles. The number of anilines is 1. The van der Waals surface area contributed by atoms with Crippen molar-refractivity contribution in [3.63, 3.8) is 0 Å². The fourth-order valence-corrected chi connectivity index (χ4v) is 2.16. The molecular weight excluding hydrogens is 226 g/mol. The molecule has 0 aliphatic carbocycles. The topological polar surface area (TPSA) is 53.1 Å². The average Bonchev–Trinajstić information content (AvgIpc) is 2.67. The number of nitrogens with two attached hydrogens (primary N) is 1. The van der Waals surface area contributed by atoms with E-state index in [-0.39, 0.29) is 6.04 Å². The number of benzene rings is 1. The van der Waals surface area contributed by atoms with Gasteiger partial charge in [0, 0.05) is 11.6 Å². The molecule has 4 nitrogen and oxygen atoms in total. The van der Waals surface area contributed by atoms with Gasteiger partial charge in [0.05, 0.1) is 18.8 Å². The zero-order chi connectivity index (χ0) is 13.3.